The number of aryl methyl sites for hydroxylation is 1. The van der Waals surface area contributed by atoms with E-state index in [0.29, 0.717) is 6.54 Å². The van der Waals surface area contributed by atoms with Crippen LogP contribution >= 0.6 is 0 Å². The van der Waals surface area contributed by atoms with Crippen molar-refractivity contribution in [3.63, 3.8) is 0 Å². The Kier molecular flexibility index (Phi) is 2.60. The summed E-state index contributed by atoms with van der Waals surface area (Å²) in [5.74, 6) is 0.923. The van der Waals surface area contributed by atoms with E-state index in [0.717, 1.165) is 18.8 Å². The highest BCUT2D eigenvalue weighted by atomic mass is 16.3. The van der Waals surface area contributed by atoms with Gasteiger partial charge in [0.15, 0.2) is 0 Å². The lowest BCUT2D eigenvalue weighted by molar-refractivity contribution is 0.212. The summed E-state index contributed by atoms with van der Waals surface area (Å²) in [6.07, 6.45) is 3.96. The minimum atomic E-state index is -0.369. The molecule has 5 heteroatoms. The van der Waals surface area contributed by atoms with Gasteiger partial charge in [-0.15, -0.1) is 10.2 Å². The van der Waals surface area contributed by atoms with Crippen molar-refractivity contribution in [1.82, 2.24) is 20.1 Å². The van der Waals surface area contributed by atoms with Crippen molar-refractivity contribution in [3.05, 3.63) is 23.8 Å². The summed E-state index contributed by atoms with van der Waals surface area (Å²) in [6.45, 7) is 1.46. The third-order valence-electron chi connectivity index (χ3n) is 2.32. The van der Waals surface area contributed by atoms with E-state index < -0.39 is 0 Å². The Morgan fingerprint density at radius 3 is 3.21 bits per heavy atom. The van der Waals surface area contributed by atoms with Crippen LogP contribution in [0.25, 0.3) is 0 Å². The fraction of sp³-hybridized carbons (Fsp3) is 0.556. The van der Waals surface area contributed by atoms with Crippen LogP contribution in [0.5, 0.6) is 0 Å². The number of hydrogen-bond donors (Lipinski definition) is 2. The Balaban J connectivity index is 2.07. The van der Waals surface area contributed by atoms with Crippen molar-refractivity contribution in [2.45, 2.75) is 12.5 Å². The number of rotatable bonds is 2. The van der Waals surface area contributed by atoms with Gasteiger partial charge < -0.3 is 15.0 Å². The third kappa shape index (κ3) is 2.00. The van der Waals surface area contributed by atoms with Gasteiger partial charge in [-0.1, -0.05) is 11.6 Å². The summed E-state index contributed by atoms with van der Waals surface area (Å²) < 4.78 is 1.89. The molecule has 1 aliphatic rings. The molecule has 14 heavy (non-hydrogen) atoms. The SMILES string of the molecule is Cn1cnnc1CC1=CC(O)CNC1. The van der Waals surface area contributed by atoms with Crippen LogP contribution in [0, 0.1) is 0 Å². The molecule has 2 heterocycles. The minimum Gasteiger partial charge on any atom is -0.388 e. The first-order valence-electron chi connectivity index (χ1n) is 4.67. The average Bonchev–Trinajstić information content (AvgIpc) is 2.52. The van der Waals surface area contributed by atoms with Crippen molar-refractivity contribution in [3.8, 4) is 0 Å². The molecule has 0 amide bonds. The third-order valence-corrected chi connectivity index (χ3v) is 2.32. The lowest BCUT2D eigenvalue weighted by atomic mass is 10.1. The number of aromatic nitrogens is 3. The van der Waals surface area contributed by atoms with Crippen LogP contribution in [0.15, 0.2) is 18.0 Å². The lowest BCUT2D eigenvalue weighted by Crippen LogP contribution is -2.33. The zero-order chi connectivity index (χ0) is 9.97. The van der Waals surface area contributed by atoms with Gasteiger partial charge in [0.25, 0.3) is 0 Å². The van der Waals surface area contributed by atoms with Gasteiger partial charge in [-0.05, 0) is 0 Å². The highest BCUT2D eigenvalue weighted by Gasteiger charge is 2.12. The second-order valence-corrected chi connectivity index (χ2v) is 3.56. The van der Waals surface area contributed by atoms with Crippen molar-refractivity contribution < 1.29 is 5.11 Å². The van der Waals surface area contributed by atoms with Crippen LogP contribution in [0.4, 0.5) is 0 Å². The van der Waals surface area contributed by atoms with E-state index in [-0.39, 0.29) is 6.10 Å². The molecule has 0 bridgehead atoms. The van der Waals surface area contributed by atoms with Gasteiger partial charge in [0, 0.05) is 26.6 Å². The van der Waals surface area contributed by atoms with Crippen molar-refractivity contribution >= 4 is 0 Å². The summed E-state index contributed by atoms with van der Waals surface area (Å²) in [6, 6.07) is 0. The summed E-state index contributed by atoms with van der Waals surface area (Å²) in [5, 5.41) is 20.3. The maximum absolute atomic E-state index is 9.40. The van der Waals surface area contributed by atoms with Crippen molar-refractivity contribution in [2.75, 3.05) is 13.1 Å². The molecule has 0 saturated heterocycles. The zero-order valence-electron chi connectivity index (χ0n) is 8.14. The number of β-amino-alcohol motifs (C(OH)–C–C–N with tert-alkyl or cyclic N) is 1. The molecule has 0 aromatic carbocycles. The van der Waals surface area contributed by atoms with E-state index >= 15 is 0 Å². The number of nitrogens with one attached hydrogen (secondary N) is 1. The highest BCUT2D eigenvalue weighted by molar-refractivity contribution is 5.15. The number of aliphatic hydroxyl groups excluding tert-OH is 1. The second kappa shape index (κ2) is 3.89. The van der Waals surface area contributed by atoms with Crippen LogP contribution < -0.4 is 5.32 Å². The fourth-order valence-corrected chi connectivity index (χ4v) is 1.56. The summed E-state index contributed by atoms with van der Waals surface area (Å²) in [5.41, 5.74) is 1.17. The first kappa shape index (κ1) is 9.36. The Labute approximate surface area is 82.5 Å². The normalized spacial score (nSPS) is 22.1. The summed E-state index contributed by atoms with van der Waals surface area (Å²) in [4.78, 5) is 0. The maximum Gasteiger partial charge on any atom is 0.136 e. The monoisotopic (exact) mass is 194 g/mol. The topological polar surface area (TPSA) is 63.0 Å². The Morgan fingerprint density at radius 2 is 2.57 bits per heavy atom. The summed E-state index contributed by atoms with van der Waals surface area (Å²) in [7, 11) is 1.92. The van der Waals surface area contributed by atoms with E-state index in [1.807, 2.05) is 17.7 Å². The average molecular weight is 194 g/mol. The molecule has 0 saturated carbocycles. The molecule has 0 fully saturated rings. The van der Waals surface area contributed by atoms with Crippen LogP contribution in [-0.2, 0) is 13.5 Å². The van der Waals surface area contributed by atoms with Gasteiger partial charge in [-0.3, -0.25) is 0 Å². The van der Waals surface area contributed by atoms with E-state index in [9.17, 15) is 5.11 Å². The zero-order valence-corrected chi connectivity index (χ0v) is 8.14. The Morgan fingerprint density at radius 1 is 1.71 bits per heavy atom. The number of aliphatic hydroxyl groups is 1. The van der Waals surface area contributed by atoms with E-state index in [1.165, 1.54) is 5.57 Å². The first-order valence-corrected chi connectivity index (χ1v) is 4.67. The molecular weight excluding hydrogens is 180 g/mol. The number of hydrogen-bond acceptors (Lipinski definition) is 4. The fourth-order valence-electron chi connectivity index (χ4n) is 1.56. The molecule has 2 N–H and O–H groups in total. The molecule has 76 valence electrons. The van der Waals surface area contributed by atoms with Crippen LogP contribution in [0.3, 0.4) is 0 Å². The quantitative estimate of drug-likeness (QED) is 0.608. The molecule has 1 atom stereocenters. The molecule has 0 spiro atoms. The van der Waals surface area contributed by atoms with Gasteiger partial charge in [0.1, 0.15) is 12.2 Å². The number of nitrogens with zero attached hydrogens (tertiary/aromatic N) is 3. The molecule has 0 aliphatic carbocycles. The Bertz CT molecular complexity index is 344. The smallest absolute Gasteiger partial charge is 0.136 e. The standard InChI is InChI=1S/C9H14N4O/c1-13-6-11-12-9(13)3-7-2-8(14)5-10-4-7/h2,6,8,10,14H,3-5H2,1H3. The van der Waals surface area contributed by atoms with Gasteiger partial charge in [-0.25, -0.2) is 0 Å². The molecular formula is C9H14N4O. The molecule has 5 nitrogen and oxygen atoms in total. The van der Waals surface area contributed by atoms with E-state index in [1.54, 1.807) is 6.33 Å². The largest absolute Gasteiger partial charge is 0.388 e. The second-order valence-electron chi connectivity index (χ2n) is 3.56. The minimum absolute atomic E-state index is 0.369. The van der Waals surface area contributed by atoms with Crippen LogP contribution in [0.1, 0.15) is 5.82 Å². The van der Waals surface area contributed by atoms with E-state index in [4.69, 9.17) is 0 Å². The van der Waals surface area contributed by atoms with Gasteiger partial charge in [0.05, 0.1) is 6.10 Å². The van der Waals surface area contributed by atoms with Crippen LogP contribution in [0.2, 0.25) is 0 Å². The Hall–Kier alpha value is -1.20. The van der Waals surface area contributed by atoms with Gasteiger partial charge in [0.2, 0.25) is 0 Å². The maximum atomic E-state index is 9.40. The first-order chi connectivity index (χ1) is 6.75. The molecule has 1 aromatic heterocycles. The molecule has 2 rings (SSSR count). The molecule has 1 aromatic rings. The van der Waals surface area contributed by atoms with Crippen molar-refractivity contribution in [2.24, 2.45) is 7.05 Å². The molecule has 1 aliphatic heterocycles. The van der Waals surface area contributed by atoms with E-state index in [2.05, 4.69) is 15.5 Å². The molecule has 1 unspecified atom stereocenters. The van der Waals surface area contributed by atoms with Gasteiger partial charge in [-0.2, -0.15) is 0 Å². The summed E-state index contributed by atoms with van der Waals surface area (Å²) >= 11 is 0. The lowest BCUT2D eigenvalue weighted by Gasteiger charge is -2.17. The van der Waals surface area contributed by atoms with Gasteiger partial charge >= 0.3 is 0 Å². The van der Waals surface area contributed by atoms with Crippen molar-refractivity contribution in [1.29, 1.82) is 0 Å². The predicted octanol–water partition coefficient (Wildman–Crippen LogP) is -0.752. The highest BCUT2D eigenvalue weighted by Crippen LogP contribution is 2.07. The predicted molar refractivity (Wildman–Crippen MR) is 51.7 cm³/mol. The molecule has 0 radical (unpaired) electrons. The van der Waals surface area contributed by atoms with Crippen LogP contribution in [-0.4, -0.2) is 39.1 Å².